The summed E-state index contributed by atoms with van der Waals surface area (Å²) in [7, 11) is 0. The monoisotopic (exact) mass is 871 g/mol. The fraction of sp³-hybridized carbons (Fsp3) is 0.224. The van der Waals surface area contributed by atoms with Crippen LogP contribution >= 0.6 is 0 Å². The molecule has 0 unspecified atom stereocenters. The predicted octanol–water partition coefficient (Wildman–Crippen LogP) is 13.0. The topological polar surface area (TPSA) is 38.9 Å². The Balaban J connectivity index is 0.000000191. The first kappa shape index (κ1) is 33.9. The summed E-state index contributed by atoms with van der Waals surface area (Å²) in [5, 5.41) is 4.22. The molecule has 8 aromatic rings. The minimum absolute atomic E-state index is 0. The summed E-state index contributed by atoms with van der Waals surface area (Å²) < 4.78 is 22.4. The second-order valence-corrected chi connectivity index (χ2v) is 16.4. The molecular formula is C49H44IrN2O-2. The molecule has 1 aliphatic rings. The summed E-state index contributed by atoms with van der Waals surface area (Å²) in [6.07, 6.45) is 3.84. The molecule has 0 bridgehead atoms. The van der Waals surface area contributed by atoms with Gasteiger partial charge in [0.1, 0.15) is 5.58 Å². The van der Waals surface area contributed by atoms with Gasteiger partial charge in [-0.2, -0.15) is 0 Å². The van der Waals surface area contributed by atoms with E-state index in [1.165, 1.54) is 44.2 Å². The Labute approximate surface area is 329 Å². The Hall–Kier alpha value is -4.89. The van der Waals surface area contributed by atoms with Crippen molar-refractivity contribution in [2.24, 2.45) is 0 Å². The molecule has 53 heavy (non-hydrogen) atoms. The summed E-state index contributed by atoms with van der Waals surface area (Å²) in [4.78, 5) is 9.43. The molecule has 3 heterocycles. The number of pyridine rings is 2. The molecule has 3 nitrogen and oxygen atoms in total. The number of aromatic nitrogens is 2. The van der Waals surface area contributed by atoms with Crippen LogP contribution in [-0.2, 0) is 36.4 Å². The molecule has 267 valence electrons. The van der Waals surface area contributed by atoms with Gasteiger partial charge in [-0.05, 0) is 85.1 Å². The Morgan fingerprint density at radius 3 is 2.11 bits per heavy atom. The van der Waals surface area contributed by atoms with Gasteiger partial charge in [0.2, 0.25) is 0 Å². The number of hydrogen-bond donors (Lipinski definition) is 0. The van der Waals surface area contributed by atoms with Gasteiger partial charge in [-0.1, -0.05) is 121 Å². The Morgan fingerprint density at radius 2 is 1.43 bits per heavy atom. The summed E-state index contributed by atoms with van der Waals surface area (Å²) in [6.45, 7) is 17.8. The molecule has 0 amide bonds. The van der Waals surface area contributed by atoms with E-state index in [0.29, 0.717) is 11.2 Å². The summed E-state index contributed by atoms with van der Waals surface area (Å²) in [6, 6.07) is 40.1. The predicted molar refractivity (Wildman–Crippen MR) is 217 cm³/mol. The quantitative estimate of drug-likeness (QED) is 0.163. The molecule has 5 aromatic carbocycles. The van der Waals surface area contributed by atoms with E-state index >= 15 is 0 Å². The zero-order chi connectivity index (χ0) is 38.2. The second-order valence-electron chi connectivity index (χ2n) is 16.4. The van der Waals surface area contributed by atoms with E-state index < -0.39 is 0 Å². The van der Waals surface area contributed by atoms with Gasteiger partial charge < -0.3 is 14.4 Å². The molecule has 0 fully saturated rings. The summed E-state index contributed by atoms with van der Waals surface area (Å²) in [5.41, 5.74) is 12.6. The number of nitrogens with zero attached hydrogens (tertiary/aromatic N) is 2. The number of benzene rings is 5. The van der Waals surface area contributed by atoms with E-state index in [0.717, 1.165) is 33.3 Å². The Bertz CT molecular complexity index is 2660. The van der Waals surface area contributed by atoms with Gasteiger partial charge in [0, 0.05) is 43.3 Å². The van der Waals surface area contributed by atoms with Crippen LogP contribution < -0.4 is 0 Å². The van der Waals surface area contributed by atoms with Crippen molar-refractivity contribution in [3.05, 3.63) is 156 Å². The van der Waals surface area contributed by atoms with Gasteiger partial charge in [0.25, 0.3) is 0 Å². The second kappa shape index (κ2) is 13.5. The van der Waals surface area contributed by atoms with Crippen LogP contribution in [-0.4, -0.2) is 9.97 Å². The molecule has 1 radical (unpaired) electrons. The largest absolute Gasteiger partial charge is 0.501 e. The number of furan rings is 1. The van der Waals surface area contributed by atoms with Crippen molar-refractivity contribution >= 4 is 32.7 Å². The maximum absolute atomic E-state index is 8.07. The average molecular weight is 871 g/mol. The Morgan fingerprint density at radius 1 is 0.717 bits per heavy atom. The van der Waals surface area contributed by atoms with Crippen LogP contribution in [0.3, 0.4) is 0 Å². The van der Waals surface area contributed by atoms with Crippen LogP contribution in [0.25, 0.3) is 66.4 Å². The van der Waals surface area contributed by atoms with Crippen LogP contribution in [0.15, 0.2) is 126 Å². The van der Waals surface area contributed by atoms with Crippen molar-refractivity contribution in [2.75, 3.05) is 0 Å². The third kappa shape index (κ3) is 6.54. The zero-order valence-electron chi connectivity index (χ0n) is 33.5. The summed E-state index contributed by atoms with van der Waals surface area (Å²) in [5.74, 6) is 0. The fourth-order valence-electron chi connectivity index (χ4n) is 7.42. The normalized spacial score (nSPS) is 13.8. The van der Waals surface area contributed by atoms with Gasteiger partial charge >= 0.3 is 0 Å². The van der Waals surface area contributed by atoms with E-state index in [-0.39, 0.29) is 48.4 Å². The van der Waals surface area contributed by atoms with Gasteiger partial charge in [-0.15, -0.1) is 53.6 Å². The fourth-order valence-corrected chi connectivity index (χ4v) is 7.42. The Kier molecular flexibility index (Phi) is 8.64. The number of rotatable bonds is 2. The van der Waals surface area contributed by atoms with Crippen molar-refractivity contribution < 1.29 is 27.3 Å². The number of fused-ring (bicyclic) bond motifs is 7. The minimum Gasteiger partial charge on any atom is -0.501 e. The van der Waals surface area contributed by atoms with Gasteiger partial charge in [-0.3, -0.25) is 0 Å². The van der Waals surface area contributed by atoms with Crippen molar-refractivity contribution in [3.8, 4) is 33.6 Å². The van der Waals surface area contributed by atoms with Crippen molar-refractivity contribution in [1.82, 2.24) is 9.97 Å². The molecule has 0 saturated carbocycles. The van der Waals surface area contributed by atoms with Crippen molar-refractivity contribution in [1.29, 1.82) is 0 Å². The molecule has 1 aliphatic carbocycles. The zero-order valence-corrected chi connectivity index (χ0v) is 33.9. The summed E-state index contributed by atoms with van der Waals surface area (Å²) >= 11 is 0. The molecule has 9 rings (SSSR count). The van der Waals surface area contributed by atoms with Crippen molar-refractivity contribution in [3.63, 3.8) is 0 Å². The first-order chi connectivity index (χ1) is 25.6. The van der Waals surface area contributed by atoms with Crippen LogP contribution in [0.5, 0.6) is 0 Å². The van der Waals surface area contributed by atoms with E-state index in [4.69, 9.17) is 12.1 Å². The molecule has 3 aromatic heterocycles. The van der Waals surface area contributed by atoms with E-state index in [2.05, 4.69) is 145 Å². The van der Waals surface area contributed by atoms with Gasteiger partial charge in [-0.25, -0.2) is 0 Å². The van der Waals surface area contributed by atoms with Crippen LogP contribution in [0, 0.1) is 12.1 Å². The van der Waals surface area contributed by atoms with Crippen molar-refractivity contribution in [2.45, 2.75) is 71.6 Å². The van der Waals surface area contributed by atoms with Crippen LogP contribution in [0.4, 0.5) is 0 Å². The standard InChI is InChI=1S/C30H20NO.C19H24N.Ir/c1-30(2)25-17-19-9-4-3-8-18(19)16-24(25)21-14-15-31-28(27(21)30)23-12-7-11-22-20-10-5-6-13-26(20)32-29(22)23;1-18(2,3)15-9-7-14(8-10-15)17-12-11-16(13-20-17)19(4,5)6;/h3-11,13-17H,1-2H3;7,9-13H,1-6H3;/q2*-1;/i5D,6D;;. The first-order valence-corrected chi connectivity index (χ1v) is 18.0. The minimum atomic E-state index is -0.247. The van der Waals surface area contributed by atoms with E-state index in [9.17, 15) is 0 Å². The molecule has 0 N–H and O–H groups in total. The van der Waals surface area contributed by atoms with E-state index in [1.54, 1.807) is 12.1 Å². The molecular weight excluding hydrogens is 825 g/mol. The smallest absolute Gasteiger partial charge is 0.120 e. The van der Waals surface area contributed by atoms with Gasteiger partial charge in [0.05, 0.1) is 8.32 Å². The third-order valence-electron chi connectivity index (χ3n) is 10.5. The molecule has 0 saturated heterocycles. The number of para-hydroxylation sites is 1. The van der Waals surface area contributed by atoms with Crippen LogP contribution in [0.1, 0.15) is 80.4 Å². The molecule has 0 atom stereocenters. The maximum Gasteiger partial charge on any atom is 0.120 e. The number of hydrogen-bond acceptors (Lipinski definition) is 3. The van der Waals surface area contributed by atoms with Gasteiger partial charge in [0.15, 0.2) is 0 Å². The third-order valence-corrected chi connectivity index (χ3v) is 10.5. The molecule has 4 heteroatoms. The SMILES string of the molecule is CC(C)(C)c1c[c-]c(-c2ccc(C(C)(C)C)cn2)cc1.[2H]c1cc2oc3c(-c4nccc5c4C(C)(C)c4cc6ccccc6cc4-5)[c-]ccc3c2cc1[2H].[Ir]. The molecule has 0 spiro atoms. The maximum atomic E-state index is 8.07. The molecule has 0 aliphatic heterocycles. The average Bonchev–Trinajstić information content (AvgIpc) is 3.61. The first-order valence-electron chi connectivity index (χ1n) is 19.0. The van der Waals surface area contributed by atoms with E-state index in [1.807, 2.05) is 24.5 Å². The van der Waals surface area contributed by atoms with Crippen LogP contribution in [0.2, 0.25) is 0 Å².